The van der Waals surface area contributed by atoms with Crippen LogP contribution in [0.2, 0.25) is 0 Å². The maximum Gasteiger partial charge on any atom is 0.321 e. The third-order valence-corrected chi connectivity index (χ3v) is 3.34. The van der Waals surface area contributed by atoms with Crippen molar-refractivity contribution in [2.24, 2.45) is 0 Å². The molecule has 1 aliphatic heterocycles. The number of amides is 2. The van der Waals surface area contributed by atoms with Crippen molar-refractivity contribution in [2.75, 3.05) is 5.32 Å². The van der Waals surface area contributed by atoms with Gasteiger partial charge in [-0.3, -0.25) is 10.4 Å². The average molecular weight is 256 g/mol. The van der Waals surface area contributed by atoms with Crippen LogP contribution in [0.3, 0.4) is 0 Å². The van der Waals surface area contributed by atoms with Crippen LogP contribution in [0.5, 0.6) is 0 Å². The van der Waals surface area contributed by atoms with Crippen LogP contribution in [0.25, 0.3) is 0 Å². The first-order valence-corrected chi connectivity index (χ1v) is 6.37. The third-order valence-electron chi connectivity index (χ3n) is 3.34. The predicted molar refractivity (Wildman–Crippen MR) is 73.1 cm³/mol. The molecule has 1 aliphatic rings. The fourth-order valence-electron chi connectivity index (χ4n) is 2.43. The summed E-state index contributed by atoms with van der Waals surface area (Å²) in [7, 11) is 0. The maximum atomic E-state index is 11.7. The second-order valence-electron chi connectivity index (χ2n) is 5.00. The highest BCUT2D eigenvalue weighted by atomic mass is 16.2. The minimum Gasteiger partial charge on any atom is -0.327 e. The highest BCUT2D eigenvalue weighted by Crippen LogP contribution is 2.35. The summed E-state index contributed by atoms with van der Waals surface area (Å²) in [5.74, 6) is 0.945. The fraction of sp³-hybridized carbons (Fsp3) is 0.286. The predicted octanol–water partition coefficient (Wildman–Crippen LogP) is 2.76. The molecule has 2 amide bonds. The molecule has 1 atom stereocenters. The van der Waals surface area contributed by atoms with E-state index in [-0.39, 0.29) is 12.1 Å². The molecule has 5 heteroatoms. The number of urea groups is 1. The Hall–Kier alpha value is -2.30. The summed E-state index contributed by atoms with van der Waals surface area (Å²) >= 11 is 0. The largest absolute Gasteiger partial charge is 0.327 e. The van der Waals surface area contributed by atoms with Crippen LogP contribution >= 0.6 is 0 Å². The number of anilines is 1. The van der Waals surface area contributed by atoms with Gasteiger partial charge in [0.2, 0.25) is 0 Å². The van der Waals surface area contributed by atoms with Crippen LogP contribution in [0, 0.1) is 0 Å². The molecule has 1 aromatic heterocycles. The van der Waals surface area contributed by atoms with E-state index < -0.39 is 0 Å². The van der Waals surface area contributed by atoms with E-state index in [4.69, 9.17) is 0 Å². The number of benzene rings is 1. The number of nitrogens with zero attached hydrogens (tertiary/aromatic N) is 1. The van der Waals surface area contributed by atoms with Crippen LogP contribution in [-0.4, -0.2) is 16.2 Å². The summed E-state index contributed by atoms with van der Waals surface area (Å²) in [6, 6.07) is 9.56. The second kappa shape index (κ2) is 4.42. The first-order chi connectivity index (χ1) is 9.16. The highest BCUT2D eigenvalue weighted by Gasteiger charge is 2.31. The summed E-state index contributed by atoms with van der Waals surface area (Å²) in [6.07, 6.45) is 0. The Morgan fingerprint density at radius 3 is 2.63 bits per heavy atom. The van der Waals surface area contributed by atoms with Gasteiger partial charge >= 0.3 is 6.03 Å². The van der Waals surface area contributed by atoms with Gasteiger partial charge in [0.15, 0.2) is 5.82 Å². The molecule has 2 aromatic rings. The Kier molecular flexibility index (Phi) is 2.74. The normalized spacial score (nSPS) is 17.8. The van der Waals surface area contributed by atoms with Crippen LogP contribution in [0.4, 0.5) is 10.6 Å². The molecular weight excluding hydrogens is 240 g/mol. The molecule has 0 saturated carbocycles. The van der Waals surface area contributed by atoms with Crippen molar-refractivity contribution in [1.82, 2.24) is 15.5 Å². The summed E-state index contributed by atoms with van der Waals surface area (Å²) in [5.41, 5.74) is 3.14. The Labute approximate surface area is 111 Å². The molecule has 0 aliphatic carbocycles. The number of H-pyrrole nitrogens is 1. The Balaban J connectivity index is 2.13. The number of aromatic amines is 1. The molecule has 19 heavy (non-hydrogen) atoms. The van der Waals surface area contributed by atoms with Gasteiger partial charge < -0.3 is 5.32 Å². The summed E-state index contributed by atoms with van der Waals surface area (Å²) in [4.78, 5) is 11.7. The number of aromatic nitrogens is 2. The molecule has 0 saturated heterocycles. The lowest BCUT2D eigenvalue weighted by Gasteiger charge is -2.26. The molecule has 0 radical (unpaired) electrons. The second-order valence-corrected chi connectivity index (χ2v) is 5.00. The first kappa shape index (κ1) is 11.8. The molecule has 1 aromatic carbocycles. The Morgan fingerprint density at radius 1 is 1.21 bits per heavy atom. The van der Waals surface area contributed by atoms with E-state index in [0.717, 1.165) is 16.8 Å². The van der Waals surface area contributed by atoms with E-state index >= 15 is 0 Å². The van der Waals surface area contributed by atoms with Crippen LogP contribution < -0.4 is 10.6 Å². The van der Waals surface area contributed by atoms with Gasteiger partial charge in [0.25, 0.3) is 0 Å². The summed E-state index contributed by atoms with van der Waals surface area (Å²) in [6.45, 7) is 4.21. The molecule has 2 heterocycles. The fourth-order valence-corrected chi connectivity index (χ4v) is 2.43. The van der Waals surface area contributed by atoms with Gasteiger partial charge in [-0.15, -0.1) is 0 Å². The van der Waals surface area contributed by atoms with E-state index in [2.05, 4.69) is 34.7 Å². The summed E-state index contributed by atoms with van der Waals surface area (Å²) < 4.78 is 0. The SMILES string of the molecule is CC(C)c1[nH]nc2c1C(c1ccccc1)NC(=O)N2. The highest BCUT2D eigenvalue weighted by molar-refractivity contribution is 5.92. The number of carbonyl (C=O) groups excluding carboxylic acids is 1. The van der Waals surface area contributed by atoms with Crippen LogP contribution in [-0.2, 0) is 0 Å². The third kappa shape index (κ3) is 1.97. The minimum atomic E-state index is -0.219. The van der Waals surface area contributed by atoms with Crippen molar-refractivity contribution in [2.45, 2.75) is 25.8 Å². The molecule has 3 rings (SSSR count). The van der Waals surface area contributed by atoms with Crippen molar-refractivity contribution in [3.8, 4) is 0 Å². The molecule has 98 valence electrons. The van der Waals surface area contributed by atoms with Crippen molar-refractivity contribution in [3.05, 3.63) is 47.2 Å². The van der Waals surface area contributed by atoms with Gasteiger partial charge in [-0.25, -0.2) is 4.79 Å². The van der Waals surface area contributed by atoms with Gasteiger partial charge in [0, 0.05) is 11.3 Å². The quantitative estimate of drug-likeness (QED) is 0.773. The number of hydrogen-bond acceptors (Lipinski definition) is 2. The van der Waals surface area contributed by atoms with Crippen LogP contribution in [0.15, 0.2) is 30.3 Å². The molecule has 5 nitrogen and oxygen atoms in total. The number of rotatable bonds is 2. The molecule has 0 fully saturated rings. The zero-order valence-electron chi connectivity index (χ0n) is 10.9. The van der Waals surface area contributed by atoms with E-state index in [1.54, 1.807) is 0 Å². The average Bonchev–Trinajstić information content (AvgIpc) is 2.82. The lowest BCUT2D eigenvalue weighted by Crippen LogP contribution is -2.38. The lowest BCUT2D eigenvalue weighted by atomic mass is 9.93. The maximum absolute atomic E-state index is 11.7. The van der Waals surface area contributed by atoms with Gasteiger partial charge in [-0.2, -0.15) is 5.10 Å². The standard InChI is InChI=1S/C14H16N4O/c1-8(2)11-10-12(9-6-4-3-5-7-9)15-14(19)16-13(10)18-17-11/h3-8,12H,1-2H3,(H3,15,16,17,18,19). The van der Waals surface area contributed by atoms with E-state index in [1.165, 1.54) is 0 Å². The molecule has 0 spiro atoms. The Bertz CT molecular complexity index is 603. The van der Waals surface area contributed by atoms with E-state index in [1.807, 2.05) is 30.3 Å². The lowest BCUT2D eigenvalue weighted by molar-refractivity contribution is 0.249. The van der Waals surface area contributed by atoms with Crippen molar-refractivity contribution in [1.29, 1.82) is 0 Å². The number of fused-ring (bicyclic) bond motifs is 1. The molecular formula is C14H16N4O. The first-order valence-electron chi connectivity index (χ1n) is 6.37. The zero-order valence-corrected chi connectivity index (χ0v) is 10.9. The van der Waals surface area contributed by atoms with Gasteiger partial charge in [-0.05, 0) is 11.5 Å². The monoisotopic (exact) mass is 256 g/mol. The number of carbonyl (C=O) groups is 1. The van der Waals surface area contributed by atoms with Crippen LogP contribution in [0.1, 0.15) is 42.6 Å². The number of hydrogen-bond donors (Lipinski definition) is 3. The molecule has 3 N–H and O–H groups in total. The van der Waals surface area contributed by atoms with E-state index in [9.17, 15) is 4.79 Å². The Morgan fingerprint density at radius 2 is 1.95 bits per heavy atom. The molecule has 1 unspecified atom stereocenters. The topological polar surface area (TPSA) is 69.8 Å². The number of nitrogens with one attached hydrogen (secondary N) is 3. The van der Waals surface area contributed by atoms with Crippen molar-refractivity contribution in [3.63, 3.8) is 0 Å². The van der Waals surface area contributed by atoms with Gasteiger partial charge in [0.1, 0.15) is 0 Å². The van der Waals surface area contributed by atoms with E-state index in [0.29, 0.717) is 11.7 Å². The smallest absolute Gasteiger partial charge is 0.321 e. The van der Waals surface area contributed by atoms with Crippen molar-refractivity contribution < 1.29 is 4.79 Å². The zero-order chi connectivity index (χ0) is 13.4. The van der Waals surface area contributed by atoms with Gasteiger partial charge in [-0.1, -0.05) is 44.2 Å². The minimum absolute atomic E-state index is 0.152. The van der Waals surface area contributed by atoms with Crippen molar-refractivity contribution >= 4 is 11.8 Å². The summed E-state index contributed by atoms with van der Waals surface area (Å²) in [5, 5.41) is 12.9. The molecule has 0 bridgehead atoms. The van der Waals surface area contributed by atoms with Gasteiger partial charge in [0.05, 0.1) is 6.04 Å².